The van der Waals surface area contributed by atoms with Crippen molar-refractivity contribution in [1.29, 1.82) is 0 Å². The van der Waals surface area contributed by atoms with E-state index in [4.69, 9.17) is 21.1 Å². The monoisotopic (exact) mass is 613 g/mol. The Kier molecular flexibility index (Phi) is 12.3. The van der Waals surface area contributed by atoms with Crippen molar-refractivity contribution in [3.05, 3.63) is 88.0 Å². The standard InChI is InChI=1S/C34H44ClNO5S/c1-6-34(22-9-14-27(5)13-8-12-26(4)11-7-10-25(2)3)23-21-28-24-30(17-20-32(28)41-34)40-33(37)36-42(38,39)31-18-15-29(35)16-19-31/h10,12,14-20,24H,6-9,11,13,21-23H2,1-5H3,(H,36,37)/b26-12+,27-14+. The highest BCUT2D eigenvalue weighted by atomic mass is 35.5. The van der Waals surface area contributed by atoms with Gasteiger partial charge in [-0.25, -0.2) is 17.9 Å². The number of allylic oxidation sites excluding steroid dienone is 6. The zero-order valence-electron chi connectivity index (χ0n) is 25.5. The van der Waals surface area contributed by atoms with Crippen LogP contribution in [0, 0.1) is 0 Å². The van der Waals surface area contributed by atoms with Crippen LogP contribution in [-0.4, -0.2) is 20.1 Å². The molecule has 0 spiro atoms. The van der Waals surface area contributed by atoms with Gasteiger partial charge in [-0.1, -0.05) is 53.5 Å². The van der Waals surface area contributed by atoms with E-state index in [9.17, 15) is 13.2 Å². The fraction of sp³-hybridized carbons (Fsp3) is 0.441. The van der Waals surface area contributed by atoms with Gasteiger partial charge < -0.3 is 9.47 Å². The fourth-order valence-corrected chi connectivity index (χ4v) is 5.99. The molecule has 2 aromatic carbocycles. The number of halogens is 1. The lowest BCUT2D eigenvalue weighted by atomic mass is 9.84. The molecule has 8 heteroatoms. The third-order valence-corrected chi connectivity index (χ3v) is 9.20. The maximum atomic E-state index is 12.5. The molecule has 3 rings (SSSR count). The van der Waals surface area contributed by atoms with Crippen molar-refractivity contribution >= 4 is 27.7 Å². The average Bonchev–Trinajstić information content (AvgIpc) is 2.93. The van der Waals surface area contributed by atoms with Gasteiger partial charge in [-0.3, -0.25) is 0 Å². The number of nitrogens with one attached hydrogen (secondary N) is 1. The summed E-state index contributed by atoms with van der Waals surface area (Å²) < 4.78 is 38.6. The number of hydrogen-bond donors (Lipinski definition) is 1. The molecule has 0 fully saturated rings. The fourth-order valence-electron chi connectivity index (χ4n) is 4.99. The number of aryl methyl sites for hydroxylation is 1. The summed E-state index contributed by atoms with van der Waals surface area (Å²) in [5, 5.41) is 0.395. The maximum absolute atomic E-state index is 12.5. The lowest BCUT2D eigenvalue weighted by Crippen LogP contribution is -2.39. The van der Waals surface area contributed by atoms with Gasteiger partial charge in [-0.05, 0) is 134 Å². The molecule has 1 atom stereocenters. The second kappa shape index (κ2) is 15.4. The molecule has 228 valence electrons. The first-order valence-corrected chi connectivity index (χ1v) is 16.5. The van der Waals surface area contributed by atoms with E-state index < -0.39 is 16.1 Å². The molecule has 6 nitrogen and oxygen atoms in total. The Morgan fingerprint density at radius 1 is 0.976 bits per heavy atom. The van der Waals surface area contributed by atoms with Crippen LogP contribution < -0.4 is 14.2 Å². The SMILES string of the molecule is CCC1(CC/C=C(\C)CC/C=C(\C)CCC=C(C)C)CCc2cc(OC(=O)NS(=O)(=O)c3ccc(Cl)cc3)ccc2O1. The van der Waals surface area contributed by atoms with Gasteiger partial charge in [0.25, 0.3) is 10.0 Å². The minimum Gasteiger partial charge on any atom is -0.487 e. The Morgan fingerprint density at radius 3 is 2.26 bits per heavy atom. The molecule has 0 aliphatic carbocycles. The predicted octanol–water partition coefficient (Wildman–Crippen LogP) is 9.49. The number of hydrogen-bond acceptors (Lipinski definition) is 5. The highest BCUT2D eigenvalue weighted by Crippen LogP contribution is 2.39. The molecule has 0 saturated carbocycles. The number of benzene rings is 2. The largest absolute Gasteiger partial charge is 0.487 e. The number of sulfonamides is 1. The average molecular weight is 614 g/mol. The van der Waals surface area contributed by atoms with Crippen molar-refractivity contribution in [2.75, 3.05) is 0 Å². The third-order valence-electron chi connectivity index (χ3n) is 7.62. The molecule has 1 amide bonds. The van der Waals surface area contributed by atoms with Gasteiger partial charge in [0.05, 0.1) is 4.90 Å². The number of ether oxygens (including phenoxy) is 2. The molecule has 0 aromatic heterocycles. The van der Waals surface area contributed by atoms with Crippen LogP contribution in [0.4, 0.5) is 4.79 Å². The van der Waals surface area contributed by atoms with Crippen LogP contribution in [-0.2, 0) is 16.4 Å². The molecule has 0 saturated heterocycles. The van der Waals surface area contributed by atoms with E-state index in [1.54, 1.807) is 18.2 Å². The van der Waals surface area contributed by atoms with Crippen LogP contribution in [0.3, 0.4) is 0 Å². The van der Waals surface area contributed by atoms with Gasteiger partial charge in [-0.15, -0.1) is 0 Å². The van der Waals surface area contributed by atoms with E-state index in [1.165, 1.54) is 41.0 Å². The van der Waals surface area contributed by atoms with E-state index in [-0.39, 0.29) is 16.2 Å². The molecule has 1 N–H and O–H groups in total. The second-order valence-corrected chi connectivity index (χ2v) is 13.5. The van der Waals surface area contributed by atoms with Crippen molar-refractivity contribution in [2.45, 2.75) is 103 Å². The Morgan fingerprint density at radius 2 is 1.62 bits per heavy atom. The molecule has 1 aliphatic rings. The Balaban J connectivity index is 1.51. The number of rotatable bonds is 13. The van der Waals surface area contributed by atoms with Crippen LogP contribution in [0.2, 0.25) is 5.02 Å². The summed E-state index contributed by atoms with van der Waals surface area (Å²) in [6, 6.07) is 10.7. The molecular weight excluding hydrogens is 570 g/mol. The molecule has 1 heterocycles. The highest BCUT2D eigenvalue weighted by molar-refractivity contribution is 7.90. The number of amides is 1. The molecule has 1 unspecified atom stereocenters. The van der Waals surface area contributed by atoms with Crippen molar-refractivity contribution in [3.63, 3.8) is 0 Å². The highest BCUT2D eigenvalue weighted by Gasteiger charge is 2.34. The summed E-state index contributed by atoms with van der Waals surface area (Å²) in [5.74, 6) is 1.03. The molecule has 0 bridgehead atoms. The molecule has 1 aliphatic heterocycles. The van der Waals surface area contributed by atoms with Gasteiger partial charge >= 0.3 is 6.09 Å². The number of fused-ring (bicyclic) bond motifs is 1. The third kappa shape index (κ3) is 10.4. The summed E-state index contributed by atoms with van der Waals surface area (Å²) in [4.78, 5) is 12.3. The summed E-state index contributed by atoms with van der Waals surface area (Å²) in [5.41, 5.74) is 4.93. The quantitative estimate of drug-likeness (QED) is 0.227. The Labute approximate surface area is 256 Å². The summed E-state index contributed by atoms with van der Waals surface area (Å²) in [7, 11) is -4.08. The Hall–Kier alpha value is -3.03. The first-order valence-electron chi connectivity index (χ1n) is 14.7. The number of carbonyl (C=O) groups excluding carboxylic acids is 1. The second-order valence-electron chi connectivity index (χ2n) is 11.4. The molecule has 0 radical (unpaired) electrons. The zero-order valence-corrected chi connectivity index (χ0v) is 27.0. The first kappa shape index (κ1) is 33.5. The van der Waals surface area contributed by atoms with Crippen LogP contribution in [0.25, 0.3) is 0 Å². The predicted molar refractivity (Wildman–Crippen MR) is 171 cm³/mol. The van der Waals surface area contributed by atoms with Gasteiger partial charge in [0, 0.05) is 5.02 Å². The van der Waals surface area contributed by atoms with Crippen molar-refractivity contribution < 1.29 is 22.7 Å². The maximum Gasteiger partial charge on any atom is 0.426 e. The summed E-state index contributed by atoms with van der Waals surface area (Å²) in [6.45, 7) is 10.9. The smallest absolute Gasteiger partial charge is 0.426 e. The topological polar surface area (TPSA) is 81.7 Å². The minimum absolute atomic E-state index is 0.0821. The van der Waals surface area contributed by atoms with Crippen LogP contribution >= 0.6 is 11.6 Å². The van der Waals surface area contributed by atoms with Gasteiger partial charge in [0.1, 0.15) is 17.1 Å². The normalized spacial score (nSPS) is 17.2. The van der Waals surface area contributed by atoms with E-state index in [2.05, 4.69) is 52.8 Å². The van der Waals surface area contributed by atoms with E-state index in [1.807, 2.05) is 4.72 Å². The van der Waals surface area contributed by atoms with E-state index in [0.29, 0.717) is 5.02 Å². The van der Waals surface area contributed by atoms with Crippen LogP contribution in [0.15, 0.2) is 82.3 Å². The Bertz CT molecular complexity index is 1420. The lowest BCUT2D eigenvalue weighted by Gasteiger charge is -2.38. The van der Waals surface area contributed by atoms with Crippen LogP contribution in [0.1, 0.15) is 91.5 Å². The van der Waals surface area contributed by atoms with Crippen LogP contribution in [0.5, 0.6) is 11.5 Å². The van der Waals surface area contributed by atoms with E-state index in [0.717, 1.165) is 69.1 Å². The molecule has 2 aromatic rings. The molecule has 42 heavy (non-hydrogen) atoms. The van der Waals surface area contributed by atoms with Crippen molar-refractivity contribution in [2.24, 2.45) is 0 Å². The summed E-state index contributed by atoms with van der Waals surface area (Å²) in [6.07, 6.45) is 14.7. The van der Waals surface area contributed by atoms with E-state index >= 15 is 0 Å². The first-order chi connectivity index (χ1) is 19.9. The van der Waals surface area contributed by atoms with Gasteiger partial charge in [-0.2, -0.15) is 0 Å². The minimum atomic E-state index is -4.08. The number of carbonyl (C=O) groups is 1. The molecular formula is C34H44ClNO5S. The van der Waals surface area contributed by atoms with Crippen molar-refractivity contribution in [3.8, 4) is 11.5 Å². The summed E-state index contributed by atoms with van der Waals surface area (Å²) >= 11 is 5.82. The lowest BCUT2D eigenvalue weighted by molar-refractivity contribution is 0.0343. The van der Waals surface area contributed by atoms with Gasteiger partial charge in [0.15, 0.2) is 0 Å². The zero-order chi connectivity index (χ0) is 30.8. The van der Waals surface area contributed by atoms with Crippen molar-refractivity contribution in [1.82, 2.24) is 4.72 Å². The van der Waals surface area contributed by atoms with Gasteiger partial charge in [0.2, 0.25) is 0 Å².